The Labute approximate surface area is 211 Å². The van der Waals surface area contributed by atoms with Gasteiger partial charge in [0.15, 0.2) is 5.78 Å². The summed E-state index contributed by atoms with van der Waals surface area (Å²) in [6.45, 7) is 7.66. The first-order valence-corrected chi connectivity index (χ1v) is 12.5. The number of nitrogens with one attached hydrogen (secondary N) is 1. The van der Waals surface area contributed by atoms with Crippen molar-refractivity contribution in [2.45, 2.75) is 52.2 Å². The zero-order valence-electron chi connectivity index (χ0n) is 20.9. The number of ketones is 2. The van der Waals surface area contributed by atoms with E-state index in [-0.39, 0.29) is 36.3 Å². The van der Waals surface area contributed by atoms with Crippen LogP contribution in [-0.4, -0.2) is 65.5 Å². The van der Waals surface area contributed by atoms with Crippen LogP contribution >= 0.6 is 0 Å². The Hall–Kier alpha value is -3.36. The summed E-state index contributed by atoms with van der Waals surface area (Å²) in [5.74, 6) is -0.508. The maximum atomic E-state index is 13.0. The zero-order valence-corrected chi connectivity index (χ0v) is 20.9. The van der Waals surface area contributed by atoms with Gasteiger partial charge >= 0.3 is 0 Å². The van der Waals surface area contributed by atoms with Gasteiger partial charge in [-0.2, -0.15) is 0 Å². The standard InChI is InChI=1S/C28H33N3O5/c1-3-24(33)9-11-26(19(2)32)31-18-22-16-23(8-10-25(22)28(31)35)29-27(34)21-6-4-20(5-7-21)17-30-12-14-36-15-13-30/h4-8,10,16,26H,3,9,11-15,17-18H2,1-2H3,(H,29,34). The third-order valence-electron chi connectivity index (χ3n) is 6.86. The Morgan fingerprint density at radius 2 is 1.78 bits per heavy atom. The van der Waals surface area contributed by atoms with Crippen LogP contribution < -0.4 is 5.32 Å². The third-order valence-corrected chi connectivity index (χ3v) is 6.86. The number of hydrogen-bond donors (Lipinski definition) is 1. The zero-order chi connectivity index (χ0) is 25.7. The van der Waals surface area contributed by atoms with Crippen molar-refractivity contribution in [2.24, 2.45) is 0 Å². The van der Waals surface area contributed by atoms with E-state index < -0.39 is 6.04 Å². The van der Waals surface area contributed by atoms with E-state index in [0.717, 1.165) is 44.0 Å². The summed E-state index contributed by atoms with van der Waals surface area (Å²) in [6.07, 6.45) is 1.01. The number of rotatable bonds is 10. The third kappa shape index (κ3) is 6.06. The van der Waals surface area contributed by atoms with Crippen LogP contribution in [0.2, 0.25) is 0 Å². The summed E-state index contributed by atoms with van der Waals surface area (Å²) in [6, 6.07) is 12.1. The molecule has 4 rings (SSSR count). The van der Waals surface area contributed by atoms with E-state index in [9.17, 15) is 19.2 Å². The molecule has 1 saturated heterocycles. The fraction of sp³-hybridized carbons (Fsp3) is 0.429. The van der Waals surface area contributed by atoms with Gasteiger partial charge in [-0.3, -0.25) is 24.1 Å². The van der Waals surface area contributed by atoms with Crippen LogP contribution in [-0.2, 0) is 27.4 Å². The second-order valence-corrected chi connectivity index (χ2v) is 9.40. The average Bonchev–Trinajstić information content (AvgIpc) is 3.20. The average molecular weight is 492 g/mol. The van der Waals surface area contributed by atoms with Crippen LogP contribution in [0.1, 0.15) is 65.0 Å². The van der Waals surface area contributed by atoms with E-state index in [0.29, 0.717) is 29.7 Å². The van der Waals surface area contributed by atoms with Gasteiger partial charge in [-0.1, -0.05) is 19.1 Å². The first-order chi connectivity index (χ1) is 17.4. The smallest absolute Gasteiger partial charge is 0.255 e. The molecule has 8 heteroatoms. The van der Waals surface area contributed by atoms with Crippen LogP contribution in [0.15, 0.2) is 42.5 Å². The maximum absolute atomic E-state index is 13.0. The van der Waals surface area contributed by atoms with Crippen molar-refractivity contribution in [3.8, 4) is 0 Å². The SMILES string of the molecule is CCC(=O)CCC(C(C)=O)N1Cc2cc(NC(=O)c3ccc(CN4CCOCC4)cc3)ccc2C1=O. The Kier molecular flexibility index (Phi) is 8.28. The van der Waals surface area contributed by atoms with E-state index in [1.54, 1.807) is 25.1 Å². The van der Waals surface area contributed by atoms with Gasteiger partial charge in [-0.05, 0) is 54.8 Å². The first kappa shape index (κ1) is 25.7. The van der Waals surface area contributed by atoms with Crippen molar-refractivity contribution in [1.29, 1.82) is 0 Å². The van der Waals surface area contributed by atoms with Crippen molar-refractivity contribution in [3.05, 3.63) is 64.7 Å². The van der Waals surface area contributed by atoms with Crippen molar-refractivity contribution >= 4 is 29.1 Å². The molecule has 2 amide bonds. The number of amides is 2. The summed E-state index contributed by atoms with van der Waals surface area (Å²) in [7, 11) is 0. The number of morpholine rings is 1. The van der Waals surface area contributed by atoms with Crippen LogP contribution in [0.25, 0.3) is 0 Å². The summed E-state index contributed by atoms with van der Waals surface area (Å²) in [5, 5.41) is 2.91. The fourth-order valence-corrected chi connectivity index (χ4v) is 4.71. The normalized spacial score (nSPS) is 16.5. The Morgan fingerprint density at radius 1 is 1.06 bits per heavy atom. The van der Waals surface area contributed by atoms with Crippen molar-refractivity contribution in [1.82, 2.24) is 9.80 Å². The Morgan fingerprint density at radius 3 is 2.44 bits per heavy atom. The van der Waals surface area contributed by atoms with Gasteiger partial charge < -0.3 is 15.0 Å². The minimum absolute atomic E-state index is 0.0736. The quantitative estimate of drug-likeness (QED) is 0.547. The molecule has 1 atom stereocenters. The minimum atomic E-state index is -0.630. The monoisotopic (exact) mass is 491 g/mol. The number of nitrogens with zero attached hydrogens (tertiary/aromatic N) is 2. The number of Topliss-reactive ketones (excluding diaryl/α,β-unsaturated/α-hetero) is 2. The highest BCUT2D eigenvalue weighted by molar-refractivity contribution is 6.05. The molecule has 2 aliphatic heterocycles. The van der Waals surface area contributed by atoms with Gasteiger partial charge in [-0.25, -0.2) is 0 Å². The first-order valence-electron chi connectivity index (χ1n) is 12.5. The van der Waals surface area contributed by atoms with Crippen LogP contribution in [0.3, 0.4) is 0 Å². The molecule has 0 bridgehead atoms. The summed E-state index contributed by atoms with van der Waals surface area (Å²) in [5.41, 5.74) is 3.56. The predicted molar refractivity (Wildman–Crippen MR) is 136 cm³/mol. The molecule has 8 nitrogen and oxygen atoms in total. The lowest BCUT2D eigenvalue weighted by Crippen LogP contribution is -2.40. The second kappa shape index (κ2) is 11.6. The number of carbonyl (C=O) groups excluding carboxylic acids is 4. The maximum Gasteiger partial charge on any atom is 0.255 e. The van der Waals surface area contributed by atoms with Gasteiger partial charge in [0.25, 0.3) is 11.8 Å². The number of benzene rings is 2. The van der Waals surface area contributed by atoms with Crippen LogP contribution in [0, 0.1) is 0 Å². The van der Waals surface area contributed by atoms with Gasteiger partial charge in [-0.15, -0.1) is 0 Å². The van der Waals surface area contributed by atoms with Gasteiger partial charge in [0.2, 0.25) is 0 Å². The molecule has 2 heterocycles. The fourth-order valence-electron chi connectivity index (χ4n) is 4.71. The molecule has 36 heavy (non-hydrogen) atoms. The molecule has 0 aromatic heterocycles. The van der Waals surface area contributed by atoms with Gasteiger partial charge in [0.1, 0.15) is 5.78 Å². The van der Waals surface area contributed by atoms with Crippen LogP contribution in [0.5, 0.6) is 0 Å². The van der Waals surface area contributed by atoms with Crippen molar-refractivity contribution in [3.63, 3.8) is 0 Å². The van der Waals surface area contributed by atoms with Crippen molar-refractivity contribution in [2.75, 3.05) is 31.6 Å². The van der Waals surface area contributed by atoms with E-state index in [2.05, 4.69) is 10.2 Å². The second-order valence-electron chi connectivity index (χ2n) is 9.40. The molecule has 1 unspecified atom stereocenters. The van der Waals surface area contributed by atoms with E-state index in [1.165, 1.54) is 11.8 Å². The predicted octanol–water partition coefficient (Wildman–Crippen LogP) is 3.44. The van der Waals surface area contributed by atoms with Crippen LogP contribution in [0.4, 0.5) is 5.69 Å². The summed E-state index contributed by atoms with van der Waals surface area (Å²) in [4.78, 5) is 53.7. The lowest BCUT2D eigenvalue weighted by Gasteiger charge is -2.26. The van der Waals surface area contributed by atoms with E-state index >= 15 is 0 Å². The molecule has 2 aliphatic rings. The molecule has 1 N–H and O–H groups in total. The molecule has 2 aromatic rings. The van der Waals surface area contributed by atoms with E-state index in [4.69, 9.17) is 4.74 Å². The van der Waals surface area contributed by atoms with Gasteiger partial charge in [0.05, 0.1) is 19.3 Å². The highest BCUT2D eigenvalue weighted by Crippen LogP contribution is 2.29. The lowest BCUT2D eigenvalue weighted by atomic mass is 10.0. The molecule has 2 aromatic carbocycles. The number of anilines is 1. The van der Waals surface area contributed by atoms with E-state index in [1.807, 2.05) is 24.3 Å². The molecule has 0 saturated carbocycles. The molecular weight excluding hydrogens is 458 g/mol. The Balaban J connectivity index is 1.39. The highest BCUT2D eigenvalue weighted by Gasteiger charge is 2.35. The summed E-state index contributed by atoms with van der Waals surface area (Å²) >= 11 is 0. The largest absolute Gasteiger partial charge is 0.379 e. The molecule has 190 valence electrons. The minimum Gasteiger partial charge on any atom is -0.379 e. The lowest BCUT2D eigenvalue weighted by molar-refractivity contribution is -0.122. The molecule has 0 spiro atoms. The molecular formula is C28H33N3O5. The molecule has 0 radical (unpaired) electrons. The Bertz CT molecular complexity index is 1140. The number of fused-ring (bicyclic) bond motifs is 1. The summed E-state index contributed by atoms with van der Waals surface area (Å²) < 4.78 is 5.39. The van der Waals surface area contributed by atoms with Gasteiger partial charge in [0, 0.05) is 55.8 Å². The number of carbonyl (C=O) groups is 4. The van der Waals surface area contributed by atoms with Crippen molar-refractivity contribution < 1.29 is 23.9 Å². The number of hydrogen-bond acceptors (Lipinski definition) is 6. The molecule has 1 fully saturated rings. The number of ether oxygens (including phenoxy) is 1. The molecule has 0 aliphatic carbocycles. The topological polar surface area (TPSA) is 96.0 Å². The highest BCUT2D eigenvalue weighted by atomic mass is 16.5.